The number of halogens is 1. The molecule has 0 radical (unpaired) electrons. The van der Waals surface area contributed by atoms with Gasteiger partial charge in [0.15, 0.2) is 6.10 Å². The van der Waals surface area contributed by atoms with Crippen LogP contribution in [0, 0.1) is 0 Å². The van der Waals surface area contributed by atoms with Gasteiger partial charge in [-0.05, 0) is 31.5 Å². The molecule has 1 atom stereocenters. The molecule has 0 saturated heterocycles. The Bertz CT molecular complexity index is 431. The maximum Gasteiger partial charge on any atom is 0.347 e. The highest BCUT2D eigenvalue weighted by Gasteiger charge is 2.20. The molecule has 4 nitrogen and oxygen atoms in total. The molecule has 0 aliphatic rings. The van der Waals surface area contributed by atoms with Crippen LogP contribution in [0.3, 0.4) is 0 Å². The van der Waals surface area contributed by atoms with Gasteiger partial charge in [0.1, 0.15) is 12.0 Å². The Balaban J connectivity index is 2.81. The zero-order chi connectivity index (χ0) is 13.5. The van der Waals surface area contributed by atoms with Gasteiger partial charge in [-0.1, -0.05) is 18.5 Å². The molecule has 0 heterocycles. The minimum absolute atomic E-state index is 0.294. The highest BCUT2D eigenvalue weighted by Crippen LogP contribution is 2.26. The monoisotopic (exact) mass is 270 g/mol. The summed E-state index contributed by atoms with van der Waals surface area (Å²) in [4.78, 5) is 22.1. The quantitative estimate of drug-likeness (QED) is 0.589. The summed E-state index contributed by atoms with van der Waals surface area (Å²) in [5.74, 6) is -0.0577. The summed E-state index contributed by atoms with van der Waals surface area (Å²) >= 11 is 5.95. The maximum absolute atomic E-state index is 11.6. The first-order chi connectivity index (χ1) is 8.62. The van der Waals surface area contributed by atoms with Gasteiger partial charge in [0.05, 0.1) is 11.6 Å². The first-order valence-electron chi connectivity index (χ1n) is 5.70. The van der Waals surface area contributed by atoms with Crippen LogP contribution in [-0.4, -0.2) is 25.0 Å². The summed E-state index contributed by atoms with van der Waals surface area (Å²) in [6.45, 7) is 3.85. The van der Waals surface area contributed by atoms with Crippen LogP contribution >= 0.6 is 11.6 Å². The summed E-state index contributed by atoms with van der Waals surface area (Å²) < 4.78 is 10.4. The molecular weight excluding hydrogens is 256 g/mol. The number of ether oxygens (including phenoxy) is 2. The van der Waals surface area contributed by atoms with E-state index in [9.17, 15) is 9.59 Å². The van der Waals surface area contributed by atoms with Crippen LogP contribution in [-0.2, 0) is 9.53 Å². The van der Waals surface area contributed by atoms with E-state index in [4.69, 9.17) is 21.1 Å². The first-order valence-corrected chi connectivity index (χ1v) is 6.08. The van der Waals surface area contributed by atoms with Gasteiger partial charge in [0, 0.05) is 5.56 Å². The Morgan fingerprint density at radius 3 is 2.67 bits per heavy atom. The Morgan fingerprint density at radius 2 is 2.17 bits per heavy atom. The third-order valence-corrected chi connectivity index (χ3v) is 2.58. The molecule has 0 aliphatic heterocycles. The first kappa shape index (κ1) is 14.5. The fourth-order valence-corrected chi connectivity index (χ4v) is 1.61. The van der Waals surface area contributed by atoms with Crippen molar-refractivity contribution in [1.29, 1.82) is 0 Å². The van der Waals surface area contributed by atoms with E-state index in [-0.39, 0.29) is 0 Å². The number of benzene rings is 1. The van der Waals surface area contributed by atoms with E-state index < -0.39 is 12.1 Å². The largest absolute Gasteiger partial charge is 0.477 e. The molecule has 1 aromatic rings. The molecule has 0 aromatic heterocycles. The average Bonchev–Trinajstić information content (AvgIpc) is 2.37. The molecule has 98 valence electrons. The van der Waals surface area contributed by atoms with E-state index in [1.54, 1.807) is 19.1 Å². The molecule has 0 amide bonds. The van der Waals surface area contributed by atoms with Crippen LogP contribution in [0.2, 0.25) is 5.02 Å². The molecule has 18 heavy (non-hydrogen) atoms. The van der Waals surface area contributed by atoms with Gasteiger partial charge in [-0.15, -0.1) is 0 Å². The van der Waals surface area contributed by atoms with Crippen LogP contribution in [0.5, 0.6) is 5.75 Å². The van der Waals surface area contributed by atoms with Gasteiger partial charge in [-0.25, -0.2) is 4.79 Å². The number of hydrogen-bond acceptors (Lipinski definition) is 4. The molecule has 0 fully saturated rings. The number of hydrogen-bond donors (Lipinski definition) is 0. The Labute approximate surface area is 111 Å². The normalized spacial score (nSPS) is 11.7. The fourth-order valence-electron chi connectivity index (χ4n) is 1.37. The van der Waals surface area contributed by atoms with Crippen molar-refractivity contribution < 1.29 is 19.1 Å². The molecule has 1 rings (SSSR count). The molecule has 0 aliphatic carbocycles. The Morgan fingerprint density at radius 1 is 1.44 bits per heavy atom. The van der Waals surface area contributed by atoms with Crippen molar-refractivity contribution in [3.63, 3.8) is 0 Å². The SMILES string of the molecule is CCOC(=O)C(CC)Oc1ccc(C=O)cc1Cl. The summed E-state index contributed by atoms with van der Waals surface area (Å²) in [6.07, 6.45) is 0.479. The molecule has 0 N–H and O–H groups in total. The van der Waals surface area contributed by atoms with Gasteiger partial charge in [-0.2, -0.15) is 0 Å². The minimum Gasteiger partial charge on any atom is -0.477 e. The van der Waals surface area contributed by atoms with Crippen molar-refractivity contribution in [3.8, 4) is 5.75 Å². The number of esters is 1. The zero-order valence-corrected chi connectivity index (χ0v) is 11.1. The van der Waals surface area contributed by atoms with Gasteiger partial charge in [-0.3, -0.25) is 4.79 Å². The zero-order valence-electron chi connectivity index (χ0n) is 10.3. The second-order valence-corrected chi connectivity index (χ2v) is 3.98. The highest BCUT2D eigenvalue weighted by atomic mass is 35.5. The second-order valence-electron chi connectivity index (χ2n) is 3.57. The number of aldehydes is 1. The van der Waals surface area contributed by atoms with E-state index in [1.165, 1.54) is 6.07 Å². The van der Waals surface area contributed by atoms with Crippen LogP contribution in [0.25, 0.3) is 0 Å². The van der Waals surface area contributed by atoms with Crippen molar-refractivity contribution in [3.05, 3.63) is 28.8 Å². The van der Waals surface area contributed by atoms with Crippen molar-refractivity contribution >= 4 is 23.9 Å². The van der Waals surface area contributed by atoms with Crippen LogP contribution in [0.15, 0.2) is 18.2 Å². The summed E-state index contributed by atoms with van der Waals surface area (Å²) in [5, 5.41) is 0.294. The van der Waals surface area contributed by atoms with E-state index in [0.717, 1.165) is 0 Å². The molecule has 1 aromatic carbocycles. The average molecular weight is 271 g/mol. The smallest absolute Gasteiger partial charge is 0.347 e. The molecule has 1 unspecified atom stereocenters. The van der Waals surface area contributed by atoms with Gasteiger partial charge >= 0.3 is 5.97 Å². The van der Waals surface area contributed by atoms with Crippen LogP contribution in [0.4, 0.5) is 0 Å². The van der Waals surface area contributed by atoms with E-state index in [0.29, 0.717) is 35.6 Å². The molecule has 0 bridgehead atoms. The Hall–Kier alpha value is -1.55. The van der Waals surface area contributed by atoms with Gasteiger partial charge in [0.2, 0.25) is 0 Å². The highest BCUT2D eigenvalue weighted by molar-refractivity contribution is 6.32. The molecule has 5 heteroatoms. The molecule has 0 spiro atoms. The predicted molar refractivity (Wildman–Crippen MR) is 68.2 cm³/mol. The summed E-state index contributed by atoms with van der Waals surface area (Å²) in [5.41, 5.74) is 0.455. The van der Waals surface area contributed by atoms with Crippen molar-refractivity contribution in [2.75, 3.05) is 6.61 Å². The summed E-state index contributed by atoms with van der Waals surface area (Å²) in [7, 11) is 0. The lowest BCUT2D eigenvalue weighted by atomic mass is 10.2. The van der Waals surface area contributed by atoms with Crippen LogP contribution < -0.4 is 4.74 Å². The lowest BCUT2D eigenvalue weighted by Gasteiger charge is -2.16. The fraction of sp³-hybridized carbons (Fsp3) is 0.385. The lowest BCUT2D eigenvalue weighted by molar-refractivity contribution is -0.151. The standard InChI is InChI=1S/C13H15ClO4/c1-3-11(13(16)17-4-2)18-12-6-5-9(8-15)7-10(12)14/h5-8,11H,3-4H2,1-2H3. The topological polar surface area (TPSA) is 52.6 Å². The van der Waals surface area contributed by atoms with E-state index in [2.05, 4.69) is 0 Å². The van der Waals surface area contributed by atoms with Crippen molar-refractivity contribution in [1.82, 2.24) is 0 Å². The Kier molecular flexibility index (Phi) is 5.65. The molecular formula is C13H15ClO4. The second kappa shape index (κ2) is 7.01. The number of carbonyl (C=O) groups excluding carboxylic acids is 2. The summed E-state index contributed by atoms with van der Waals surface area (Å²) in [6, 6.07) is 4.63. The van der Waals surface area contributed by atoms with Crippen LogP contribution in [0.1, 0.15) is 30.6 Å². The lowest BCUT2D eigenvalue weighted by Crippen LogP contribution is -2.28. The third-order valence-electron chi connectivity index (χ3n) is 2.28. The third kappa shape index (κ3) is 3.74. The van der Waals surface area contributed by atoms with Crippen molar-refractivity contribution in [2.24, 2.45) is 0 Å². The van der Waals surface area contributed by atoms with E-state index >= 15 is 0 Å². The van der Waals surface area contributed by atoms with E-state index in [1.807, 2.05) is 6.92 Å². The predicted octanol–water partition coefficient (Wildman–Crippen LogP) is 2.87. The number of carbonyl (C=O) groups is 2. The van der Waals surface area contributed by atoms with Gasteiger partial charge < -0.3 is 9.47 Å². The van der Waals surface area contributed by atoms with Crippen molar-refractivity contribution in [2.45, 2.75) is 26.4 Å². The maximum atomic E-state index is 11.6. The number of rotatable bonds is 6. The molecule has 0 saturated carbocycles. The minimum atomic E-state index is -0.690. The van der Waals surface area contributed by atoms with Gasteiger partial charge in [0.25, 0.3) is 0 Å².